The Bertz CT molecular complexity index is 1300. The molecule has 0 unspecified atom stereocenters. The summed E-state index contributed by atoms with van der Waals surface area (Å²) in [7, 11) is 0. The molecule has 0 radical (unpaired) electrons. The van der Waals surface area contributed by atoms with Crippen LogP contribution in [0.3, 0.4) is 0 Å². The number of halogens is 2. The Labute approximate surface area is 211 Å². The Kier molecular flexibility index (Phi) is 6.68. The number of amides is 1. The molecule has 2 aliphatic rings. The number of carbonyl (C=O) groups excluding carboxylic acids is 1. The summed E-state index contributed by atoms with van der Waals surface area (Å²) in [5.41, 5.74) is 2.76. The van der Waals surface area contributed by atoms with Gasteiger partial charge >= 0.3 is 0 Å². The molecule has 0 bridgehead atoms. The molecule has 2 heterocycles. The minimum absolute atomic E-state index is 0.0679. The van der Waals surface area contributed by atoms with Crippen LogP contribution in [-0.2, 0) is 11.2 Å². The van der Waals surface area contributed by atoms with Crippen molar-refractivity contribution in [1.29, 1.82) is 0 Å². The zero-order valence-corrected chi connectivity index (χ0v) is 20.8. The molecule has 3 aromatic rings. The van der Waals surface area contributed by atoms with Gasteiger partial charge in [0.15, 0.2) is 5.17 Å². The van der Waals surface area contributed by atoms with Crippen molar-refractivity contribution in [3.8, 4) is 0 Å². The van der Waals surface area contributed by atoms with E-state index in [-0.39, 0.29) is 11.7 Å². The molecule has 34 heavy (non-hydrogen) atoms. The first kappa shape index (κ1) is 23.0. The van der Waals surface area contributed by atoms with Crippen molar-refractivity contribution in [2.45, 2.75) is 18.2 Å². The number of thioether (sulfide) groups is 2. The average Bonchev–Trinajstić information content (AvgIpc) is 3.36. The molecule has 1 fully saturated rings. The molecule has 0 aromatic heterocycles. The molecule has 3 aromatic carbocycles. The minimum Gasteiger partial charge on any atom is -0.334 e. The van der Waals surface area contributed by atoms with E-state index in [1.54, 1.807) is 28.8 Å². The first-order valence-corrected chi connectivity index (χ1v) is 12.9. The zero-order chi connectivity index (χ0) is 23.7. The summed E-state index contributed by atoms with van der Waals surface area (Å²) in [4.78, 5) is 24.0. The number of amidine groups is 1. The number of hydrogen-bond donors (Lipinski definition) is 0. The monoisotopic (exact) mass is 509 g/mol. The molecule has 0 N–H and O–H groups in total. The number of nitrogens with zero attached hydrogens (tertiary/aromatic N) is 3. The Morgan fingerprint density at radius 3 is 2.47 bits per heavy atom. The molecule has 1 amide bonds. The van der Waals surface area contributed by atoms with Crippen molar-refractivity contribution >= 4 is 57.6 Å². The fourth-order valence-electron chi connectivity index (χ4n) is 3.87. The molecular formula is C26H21ClFN3OS2. The number of rotatable bonds is 5. The van der Waals surface area contributed by atoms with Gasteiger partial charge in [-0.15, -0.1) is 0 Å². The van der Waals surface area contributed by atoms with Gasteiger partial charge in [-0.25, -0.2) is 9.38 Å². The summed E-state index contributed by atoms with van der Waals surface area (Å²) in [6.07, 6.45) is 0.707. The summed E-state index contributed by atoms with van der Waals surface area (Å²) in [5.74, 6) is -0.387. The normalized spacial score (nSPS) is 18.8. The third-order valence-electron chi connectivity index (χ3n) is 5.56. The Morgan fingerprint density at radius 2 is 1.74 bits per heavy atom. The lowest BCUT2D eigenvalue weighted by atomic mass is 10.1. The molecule has 0 aliphatic carbocycles. The van der Waals surface area contributed by atoms with Crippen molar-refractivity contribution in [1.82, 2.24) is 4.90 Å². The maximum absolute atomic E-state index is 13.7. The second-order valence-electron chi connectivity index (χ2n) is 7.76. The van der Waals surface area contributed by atoms with Crippen molar-refractivity contribution in [2.75, 3.05) is 18.0 Å². The molecule has 172 valence electrons. The van der Waals surface area contributed by atoms with Gasteiger partial charge in [-0.2, -0.15) is 0 Å². The highest BCUT2D eigenvalue weighted by molar-refractivity contribution is 8.19. The first-order valence-electron chi connectivity index (χ1n) is 10.9. The summed E-state index contributed by atoms with van der Waals surface area (Å²) in [5, 5.41) is 2.15. The third kappa shape index (κ3) is 4.60. The minimum atomic E-state index is -0.319. The van der Waals surface area contributed by atoms with E-state index in [0.717, 1.165) is 21.2 Å². The molecule has 8 heteroatoms. The predicted octanol–water partition coefficient (Wildman–Crippen LogP) is 7.09. The number of carbonyl (C=O) groups is 1. The molecular weight excluding hydrogens is 489 g/mol. The second-order valence-corrected chi connectivity index (χ2v) is 10.2. The summed E-state index contributed by atoms with van der Waals surface area (Å²) in [6, 6.07) is 21.8. The van der Waals surface area contributed by atoms with Gasteiger partial charge in [0, 0.05) is 23.0 Å². The number of fused-ring (bicyclic) bond motifs is 1. The van der Waals surface area contributed by atoms with Crippen LogP contribution in [0, 0.1) is 5.82 Å². The number of aliphatic imine (C=N–C) groups is 1. The van der Waals surface area contributed by atoms with E-state index in [9.17, 15) is 9.18 Å². The molecule has 5 rings (SSSR count). The van der Waals surface area contributed by atoms with Crippen LogP contribution in [0.4, 0.5) is 15.8 Å². The van der Waals surface area contributed by atoms with Crippen molar-refractivity contribution < 1.29 is 9.18 Å². The van der Waals surface area contributed by atoms with Crippen LogP contribution < -0.4 is 4.90 Å². The molecule has 4 nitrogen and oxygen atoms in total. The molecule has 2 aliphatic heterocycles. The van der Waals surface area contributed by atoms with Gasteiger partial charge in [-0.05, 0) is 73.1 Å². The highest BCUT2D eigenvalue weighted by Gasteiger charge is 2.39. The van der Waals surface area contributed by atoms with E-state index < -0.39 is 0 Å². The predicted molar refractivity (Wildman–Crippen MR) is 140 cm³/mol. The molecule has 0 atom stereocenters. The van der Waals surface area contributed by atoms with Gasteiger partial charge < -0.3 is 4.90 Å². The van der Waals surface area contributed by atoms with Crippen LogP contribution in [0.1, 0.15) is 12.5 Å². The average molecular weight is 510 g/mol. The largest absolute Gasteiger partial charge is 0.334 e. The van der Waals surface area contributed by atoms with Crippen molar-refractivity contribution in [3.63, 3.8) is 0 Å². The third-order valence-corrected chi connectivity index (χ3v) is 8.17. The second kappa shape index (κ2) is 9.86. The standard InChI is InChI=1S/C26H21ClFN3OS2/c1-2-30-21-16-18(27)8-13-22(21)33-25(30)23-24(32)31(15-14-17-6-4-3-5-7-17)26(34-23)29-20-11-9-19(28)10-12-20/h3-13,16H,2,14-15H2,1H3/b25-23-,29-26?. The van der Waals surface area contributed by atoms with Crippen LogP contribution in [0.25, 0.3) is 0 Å². The van der Waals surface area contributed by atoms with E-state index in [0.29, 0.717) is 40.3 Å². The van der Waals surface area contributed by atoms with Crippen LogP contribution in [0.15, 0.2) is 92.6 Å². The topological polar surface area (TPSA) is 35.9 Å². The maximum atomic E-state index is 13.7. The first-order chi connectivity index (χ1) is 16.5. The highest BCUT2D eigenvalue weighted by Crippen LogP contribution is 2.51. The van der Waals surface area contributed by atoms with Gasteiger partial charge in [-0.3, -0.25) is 9.69 Å². The van der Waals surface area contributed by atoms with Crippen LogP contribution >= 0.6 is 35.1 Å². The molecule has 0 saturated carbocycles. The Hall–Kier alpha value is -2.74. The summed E-state index contributed by atoms with van der Waals surface area (Å²) < 4.78 is 13.4. The lowest BCUT2D eigenvalue weighted by Crippen LogP contribution is -2.32. The van der Waals surface area contributed by atoms with Crippen LogP contribution in [0.2, 0.25) is 5.02 Å². The van der Waals surface area contributed by atoms with Gasteiger partial charge in [-0.1, -0.05) is 53.7 Å². The number of anilines is 1. The van der Waals surface area contributed by atoms with Gasteiger partial charge in [0.1, 0.15) is 15.8 Å². The molecule has 0 spiro atoms. The van der Waals surface area contributed by atoms with Crippen LogP contribution in [0.5, 0.6) is 0 Å². The van der Waals surface area contributed by atoms with Gasteiger partial charge in [0.05, 0.1) is 11.4 Å². The van der Waals surface area contributed by atoms with E-state index in [1.165, 1.54) is 23.9 Å². The number of benzene rings is 3. The van der Waals surface area contributed by atoms with Crippen molar-refractivity contribution in [2.24, 2.45) is 4.99 Å². The van der Waals surface area contributed by atoms with E-state index in [1.807, 2.05) is 36.4 Å². The smallest absolute Gasteiger partial charge is 0.269 e. The lowest BCUT2D eigenvalue weighted by Gasteiger charge is -2.19. The fraction of sp³-hybridized carbons (Fsp3) is 0.154. The fourth-order valence-corrected chi connectivity index (χ4v) is 6.43. The lowest BCUT2D eigenvalue weighted by molar-refractivity contribution is -0.122. The van der Waals surface area contributed by atoms with E-state index in [2.05, 4.69) is 24.0 Å². The quantitative estimate of drug-likeness (QED) is 0.344. The van der Waals surface area contributed by atoms with Crippen LogP contribution in [-0.4, -0.2) is 29.1 Å². The maximum Gasteiger partial charge on any atom is 0.269 e. The number of hydrogen-bond acceptors (Lipinski definition) is 5. The van der Waals surface area contributed by atoms with E-state index >= 15 is 0 Å². The van der Waals surface area contributed by atoms with E-state index in [4.69, 9.17) is 16.6 Å². The van der Waals surface area contributed by atoms with Gasteiger partial charge in [0.25, 0.3) is 5.91 Å². The Balaban J connectivity index is 1.52. The van der Waals surface area contributed by atoms with Crippen molar-refractivity contribution in [3.05, 3.63) is 99.1 Å². The van der Waals surface area contributed by atoms with Gasteiger partial charge in [0.2, 0.25) is 0 Å². The highest BCUT2D eigenvalue weighted by atomic mass is 35.5. The summed E-state index contributed by atoms with van der Waals surface area (Å²) in [6.45, 7) is 3.27. The molecule has 1 saturated heterocycles. The summed E-state index contributed by atoms with van der Waals surface area (Å²) >= 11 is 9.20. The Morgan fingerprint density at radius 1 is 0.971 bits per heavy atom. The zero-order valence-electron chi connectivity index (χ0n) is 18.4. The SMILES string of the molecule is CCN1/C(=C2/SC(=Nc3ccc(F)cc3)N(CCc3ccccc3)C2=O)Sc2ccc(Cl)cc21.